The van der Waals surface area contributed by atoms with E-state index in [0.29, 0.717) is 12.6 Å². The van der Waals surface area contributed by atoms with Crippen LogP contribution < -0.4 is 10.6 Å². The Hall–Kier alpha value is -1.24. The van der Waals surface area contributed by atoms with Gasteiger partial charge in [-0.3, -0.25) is 9.89 Å². The predicted octanol–water partition coefficient (Wildman–Crippen LogP) is 2.25. The molecule has 2 fully saturated rings. The zero-order valence-corrected chi connectivity index (χ0v) is 16.6. The number of guanidine groups is 1. The van der Waals surface area contributed by atoms with Gasteiger partial charge in [0.1, 0.15) is 0 Å². The highest BCUT2D eigenvalue weighted by Crippen LogP contribution is 2.28. The highest BCUT2D eigenvalue weighted by molar-refractivity contribution is 7.99. The molecule has 2 atom stereocenters. The second-order valence-corrected chi connectivity index (χ2v) is 8.38. The van der Waals surface area contributed by atoms with Gasteiger partial charge < -0.3 is 15.7 Å². The van der Waals surface area contributed by atoms with Crippen LogP contribution in [0.2, 0.25) is 0 Å². The number of likely N-dealkylation sites (tertiary alicyclic amines) is 1. The molecule has 0 aromatic heterocycles. The second-order valence-electron chi connectivity index (χ2n) is 7.27. The Morgan fingerprint density at radius 2 is 2.04 bits per heavy atom. The molecule has 3 rings (SSSR count). The fourth-order valence-corrected chi connectivity index (χ4v) is 4.95. The zero-order chi connectivity index (χ0) is 18.2. The number of nitrogens with zero attached hydrogens (tertiary/aromatic N) is 2. The SMILES string of the molecule is CCNC(=NCC1(O)CCSC1)NCC(c1ccccc1)N1CCCC1. The molecule has 144 valence electrons. The van der Waals surface area contributed by atoms with Crippen LogP contribution in [0.3, 0.4) is 0 Å². The maximum atomic E-state index is 10.5. The molecule has 2 aliphatic heterocycles. The minimum atomic E-state index is -0.638. The van der Waals surface area contributed by atoms with Crippen molar-refractivity contribution in [3.8, 4) is 0 Å². The molecular formula is C20H32N4OS. The van der Waals surface area contributed by atoms with Gasteiger partial charge in [0.05, 0.1) is 18.2 Å². The average molecular weight is 377 g/mol. The molecule has 1 aromatic rings. The molecule has 0 amide bonds. The number of aliphatic imine (C=N–C) groups is 1. The molecule has 0 radical (unpaired) electrons. The fraction of sp³-hybridized carbons (Fsp3) is 0.650. The lowest BCUT2D eigenvalue weighted by atomic mass is 10.0. The van der Waals surface area contributed by atoms with Crippen molar-refractivity contribution in [1.29, 1.82) is 0 Å². The van der Waals surface area contributed by atoms with Crippen LogP contribution in [-0.4, -0.2) is 65.8 Å². The first kappa shape index (κ1) is 19.5. The molecule has 5 nitrogen and oxygen atoms in total. The van der Waals surface area contributed by atoms with Crippen molar-refractivity contribution in [2.75, 3.05) is 44.2 Å². The highest BCUT2D eigenvalue weighted by atomic mass is 32.2. The van der Waals surface area contributed by atoms with E-state index in [1.54, 1.807) is 0 Å². The number of rotatable bonds is 7. The molecule has 2 unspecified atom stereocenters. The topological polar surface area (TPSA) is 59.9 Å². The molecule has 2 heterocycles. The average Bonchev–Trinajstić information content (AvgIpc) is 3.33. The van der Waals surface area contributed by atoms with Crippen molar-refractivity contribution in [3.05, 3.63) is 35.9 Å². The third kappa shape index (κ3) is 5.38. The Kier molecular flexibility index (Phi) is 7.23. The van der Waals surface area contributed by atoms with Crippen molar-refractivity contribution >= 4 is 17.7 Å². The normalized spacial score (nSPS) is 25.4. The summed E-state index contributed by atoms with van der Waals surface area (Å²) >= 11 is 1.81. The number of thioether (sulfide) groups is 1. The Labute approximate surface area is 161 Å². The van der Waals surface area contributed by atoms with Gasteiger partial charge in [-0.05, 0) is 50.6 Å². The molecule has 26 heavy (non-hydrogen) atoms. The summed E-state index contributed by atoms with van der Waals surface area (Å²) in [6.45, 7) is 6.50. The van der Waals surface area contributed by atoms with Crippen LogP contribution >= 0.6 is 11.8 Å². The van der Waals surface area contributed by atoms with Crippen LogP contribution in [0.4, 0.5) is 0 Å². The number of nitrogens with one attached hydrogen (secondary N) is 2. The molecule has 3 N–H and O–H groups in total. The van der Waals surface area contributed by atoms with Crippen molar-refractivity contribution in [3.63, 3.8) is 0 Å². The van der Waals surface area contributed by atoms with Gasteiger partial charge in [-0.1, -0.05) is 30.3 Å². The lowest BCUT2D eigenvalue weighted by molar-refractivity contribution is 0.0778. The first-order valence-electron chi connectivity index (χ1n) is 9.81. The summed E-state index contributed by atoms with van der Waals surface area (Å²) in [5, 5.41) is 17.4. The van der Waals surface area contributed by atoms with Gasteiger partial charge in [-0.15, -0.1) is 0 Å². The summed E-state index contributed by atoms with van der Waals surface area (Å²) < 4.78 is 0. The van der Waals surface area contributed by atoms with Gasteiger partial charge in [-0.25, -0.2) is 0 Å². The van der Waals surface area contributed by atoms with E-state index in [9.17, 15) is 5.11 Å². The Balaban J connectivity index is 1.64. The van der Waals surface area contributed by atoms with Gasteiger partial charge in [0.25, 0.3) is 0 Å². The van der Waals surface area contributed by atoms with Crippen LogP contribution in [0.5, 0.6) is 0 Å². The van der Waals surface area contributed by atoms with Crippen molar-refractivity contribution in [2.45, 2.75) is 37.8 Å². The maximum absolute atomic E-state index is 10.5. The van der Waals surface area contributed by atoms with Gasteiger partial charge in [0, 0.05) is 18.8 Å². The first-order chi connectivity index (χ1) is 12.7. The van der Waals surface area contributed by atoms with Gasteiger partial charge in [0.15, 0.2) is 5.96 Å². The van der Waals surface area contributed by atoms with Crippen LogP contribution in [0.1, 0.15) is 37.8 Å². The standard InChI is InChI=1S/C20H32N4OS/c1-2-21-19(23-15-20(25)10-13-26-16-20)22-14-18(24-11-6-7-12-24)17-8-4-3-5-9-17/h3-5,8-9,18,25H,2,6-7,10-16H2,1H3,(H2,21,22,23). The van der Waals surface area contributed by atoms with Crippen LogP contribution in [0, 0.1) is 0 Å². The van der Waals surface area contributed by atoms with E-state index in [0.717, 1.165) is 50.1 Å². The number of hydrogen-bond acceptors (Lipinski definition) is 4. The Bertz CT molecular complexity index is 568. The summed E-state index contributed by atoms with van der Waals surface area (Å²) in [6, 6.07) is 11.1. The maximum Gasteiger partial charge on any atom is 0.191 e. The smallest absolute Gasteiger partial charge is 0.191 e. The number of aliphatic hydroxyl groups is 1. The van der Waals surface area contributed by atoms with E-state index in [1.165, 1.54) is 18.4 Å². The van der Waals surface area contributed by atoms with Crippen molar-refractivity contribution in [2.24, 2.45) is 4.99 Å². The summed E-state index contributed by atoms with van der Waals surface area (Å²) in [4.78, 5) is 7.23. The molecule has 0 aliphatic carbocycles. The predicted molar refractivity (Wildman–Crippen MR) is 111 cm³/mol. The molecule has 0 saturated carbocycles. The van der Waals surface area contributed by atoms with E-state index in [4.69, 9.17) is 0 Å². The Morgan fingerprint density at radius 1 is 1.27 bits per heavy atom. The third-order valence-corrected chi connectivity index (χ3v) is 6.42. The Morgan fingerprint density at radius 3 is 2.69 bits per heavy atom. The van der Waals surface area contributed by atoms with Crippen molar-refractivity contribution in [1.82, 2.24) is 15.5 Å². The summed E-state index contributed by atoms with van der Waals surface area (Å²) in [5.41, 5.74) is 0.712. The van der Waals surface area contributed by atoms with E-state index in [1.807, 2.05) is 11.8 Å². The van der Waals surface area contributed by atoms with E-state index < -0.39 is 5.60 Å². The van der Waals surface area contributed by atoms with Crippen LogP contribution in [0.25, 0.3) is 0 Å². The van der Waals surface area contributed by atoms with Gasteiger partial charge >= 0.3 is 0 Å². The quantitative estimate of drug-likeness (QED) is 0.503. The third-order valence-electron chi connectivity index (χ3n) is 5.19. The van der Waals surface area contributed by atoms with Crippen molar-refractivity contribution < 1.29 is 5.11 Å². The van der Waals surface area contributed by atoms with E-state index >= 15 is 0 Å². The summed E-state index contributed by atoms with van der Waals surface area (Å²) in [5.74, 6) is 2.62. The first-order valence-corrected chi connectivity index (χ1v) is 11.0. The van der Waals surface area contributed by atoms with Gasteiger partial charge in [-0.2, -0.15) is 11.8 Å². The van der Waals surface area contributed by atoms with E-state index in [-0.39, 0.29) is 0 Å². The lowest BCUT2D eigenvalue weighted by Gasteiger charge is -2.29. The summed E-state index contributed by atoms with van der Waals surface area (Å²) in [6.07, 6.45) is 3.39. The lowest BCUT2D eigenvalue weighted by Crippen LogP contribution is -2.44. The van der Waals surface area contributed by atoms with Crippen LogP contribution in [0.15, 0.2) is 35.3 Å². The molecule has 1 aromatic carbocycles. The fourth-order valence-electron chi connectivity index (χ4n) is 3.67. The van der Waals surface area contributed by atoms with E-state index in [2.05, 4.69) is 57.8 Å². The molecule has 2 saturated heterocycles. The largest absolute Gasteiger partial charge is 0.387 e. The van der Waals surface area contributed by atoms with Crippen LogP contribution in [-0.2, 0) is 0 Å². The highest BCUT2D eigenvalue weighted by Gasteiger charge is 2.31. The zero-order valence-electron chi connectivity index (χ0n) is 15.8. The molecule has 6 heteroatoms. The van der Waals surface area contributed by atoms with Gasteiger partial charge in [0.2, 0.25) is 0 Å². The molecule has 0 bridgehead atoms. The second kappa shape index (κ2) is 9.62. The summed E-state index contributed by atoms with van der Waals surface area (Å²) in [7, 11) is 0. The molecular weight excluding hydrogens is 344 g/mol. The number of benzene rings is 1. The monoisotopic (exact) mass is 376 g/mol. The minimum absolute atomic E-state index is 0.354. The minimum Gasteiger partial charge on any atom is -0.387 e. The molecule has 2 aliphatic rings. The molecule has 0 spiro atoms. The number of hydrogen-bond donors (Lipinski definition) is 3.